The van der Waals surface area contributed by atoms with Gasteiger partial charge < -0.3 is 10.6 Å². The molecule has 0 saturated carbocycles. The van der Waals surface area contributed by atoms with Gasteiger partial charge in [0.15, 0.2) is 0 Å². The zero-order valence-corrected chi connectivity index (χ0v) is 20.8. The van der Waals surface area contributed by atoms with Crippen LogP contribution in [0.5, 0.6) is 0 Å². The Bertz CT molecular complexity index is 1290. The summed E-state index contributed by atoms with van der Waals surface area (Å²) < 4.78 is 0. The summed E-state index contributed by atoms with van der Waals surface area (Å²) in [5, 5.41) is 5.89. The predicted molar refractivity (Wildman–Crippen MR) is 146 cm³/mol. The summed E-state index contributed by atoms with van der Waals surface area (Å²) in [5.41, 5.74) is 2.38. The normalized spacial score (nSPS) is 18.8. The molecule has 35 heavy (non-hydrogen) atoms. The summed E-state index contributed by atoms with van der Waals surface area (Å²) in [4.78, 5) is 30.0. The van der Waals surface area contributed by atoms with Crippen molar-refractivity contribution in [3.8, 4) is 0 Å². The molecule has 0 spiro atoms. The van der Waals surface area contributed by atoms with Crippen LogP contribution in [-0.4, -0.2) is 28.5 Å². The van der Waals surface area contributed by atoms with Gasteiger partial charge in [-0.3, -0.25) is 9.69 Å². The number of urea groups is 1. The summed E-state index contributed by atoms with van der Waals surface area (Å²) in [6, 6.07) is 24.8. The first-order valence-electron chi connectivity index (χ1n) is 11.4. The highest BCUT2D eigenvalue weighted by molar-refractivity contribution is 8.00. The van der Waals surface area contributed by atoms with E-state index in [0.717, 1.165) is 21.2 Å². The van der Waals surface area contributed by atoms with E-state index >= 15 is 0 Å². The lowest BCUT2D eigenvalue weighted by Gasteiger charge is -2.40. The van der Waals surface area contributed by atoms with Crippen molar-refractivity contribution in [2.45, 2.75) is 33.3 Å². The third-order valence-electron chi connectivity index (χ3n) is 5.77. The summed E-state index contributed by atoms with van der Waals surface area (Å²) in [7, 11) is 0. The zero-order valence-electron chi connectivity index (χ0n) is 19.1. The summed E-state index contributed by atoms with van der Waals surface area (Å²) >= 11 is 3.23. The second-order valence-electron chi connectivity index (χ2n) is 8.25. The molecule has 7 heteroatoms. The Hall–Kier alpha value is -3.42. The molecule has 0 aromatic heterocycles. The van der Waals surface area contributed by atoms with Gasteiger partial charge in [0.1, 0.15) is 0 Å². The van der Waals surface area contributed by atoms with Crippen LogP contribution in [0, 0.1) is 0 Å². The molecule has 0 saturated heterocycles. The van der Waals surface area contributed by atoms with Crippen molar-refractivity contribution in [2.24, 2.45) is 0 Å². The lowest BCUT2D eigenvalue weighted by molar-refractivity contribution is -0.115. The molecular formula is C28H25N3O2S2. The topological polar surface area (TPSA) is 61.4 Å². The van der Waals surface area contributed by atoms with E-state index in [2.05, 4.69) is 28.9 Å². The lowest BCUT2D eigenvalue weighted by atomic mass is 10.1. The largest absolute Gasteiger partial charge is 0.326 e. The maximum absolute atomic E-state index is 13.5. The molecule has 0 bridgehead atoms. The number of nitrogens with zero attached hydrogens (tertiary/aromatic N) is 1. The van der Waals surface area contributed by atoms with E-state index in [1.165, 1.54) is 11.8 Å². The van der Waals surface area contributed by atoms with E-state index in [1.807, 2.05) is 96.8 Å². The van der Waals surface area contributed by atoms with Crippen LogP contribution in [0.2, 0.25) is 0 Å². The fraction of sp³-hybridized carbons (Fsp3) is 0.143. The Balaban J connectivity index is 1.29. The van der Waals surface area contributed by atoms with Gasteiger partial charge in [-0.05, 0) is 49.4 Å². The number of carbonyl (C=O) groups excluding carboxylic acids is 2. The number of allylic oxidation sites excluding steroid dienone is 2. The second kappa shape index (κ2) is 10.5. The summed E-state index contributed by atoms with van der Waals surface area (Å²) in [6.07, 6.45) is 8.25. The van der Waals surface area contributed by atoms with Crippen LogP contribution in [0.25, 0.3) is 0 Å². The van der Waals surface area contributed by atoms with Gasteiger partial charge in [-0.15, -0.1) is 23.5 Å². The van der Waals surface area contributed by atoms with Gasteiger partial charge in [-0.1, -0.05) is 60.7 Å². The molecule has 2 aliphatic rings. The van der Waals surface area contributed by atoms with Crippen LogP contribution in [0.15, 0.2) is 113 Å². The van der Waals surface area contributed by atoms with Crippen molar-refractivity contribution >= 4 is 52.5 Å². The number of rotatable bonds is 5. The molecule has 3 unspecified atom stereocenters. The Morgan fingerprint density at radius 1 is 0.886 bits per heavy atom. The molecule has 0 fully saturated rings. The fourth-order valence-electron chi connectivity index (χ4n) is 4.08. The smallest absolute Gasteiger partial charge is 0.325 e. The van der Waals surface area contributed by atoms with E-state index in [0.29, 0.717) is 5.69 Å². The van der Waals surface area contributed by atoms with Crippen LogP contribution in [0.3, 0.4) is 0 Å². The molecule has 3 aromatic rings. The number of anilines is 3. The van der Waals surface area contributed by atoms with Crippen molar-refractivity contribution in [3.63, 3.8) is 0 Å². The molecular weight excluding hydrogens is 474 g/mol. The van der Waals surface area contributed by atoms with Gasteiger partial charge in [-0.25, -0.2) is 4.79 Å². The molecule has 1 heterocycles. The van der Waals surface area contributed by atoms with Crippen molar-refractivity contribution in [1.29, 1.82) is 0 Å². The standard InChI is InChI=1S/C28H25N3O2S2/c1-19(27(32)29-20-10-3-2-4-11-20)34-22-13-9-12-21(18-22)30-28(33)31-23-14-5-7-16-25(23)35-26-17-8-6-15-24(26)31/h2-19,23,25H,1H3,(H,29,32)(H,30,33). The Morgan fingerprint density at radius 2 is 1.63 bits per heavy atom. The third-order valence-corrected chi connectivity index (χ3v) is 8.17. The van der Waals surface area contributed by atoms with E-state index in [1.54, 1.807) is 11.8 Å². The van der Waals surface area contributed by atoms with E-state index in [-0.39, 0.29) is 28.5 Å². The van der Waals surface area contributed by atoms with Gasteiger partial charge in [0.2, 0.25) is 5.91 Å². The quantitative estimate of drug-likeness (QED) is 0.379. The van der Waals surface area contributed by atoms with Crippen molar-refractivity contribution in [2.75, 3.05) is 15.5 Å². The number of hydrogen-bond donors (Lipinski definition) is 2. The Kier molecular flexibility index (Phi) is 6.97. The third kappa shape index (κ3) is 5.31. The Morgan fingerprint density at radius 3 is 2.49 bits per heavy atom. The maximum Gasteiger partial charge on any atom is 0.326 e. The maximum atomic E-state index is 13.5. The number of carbonyl (C=O) groups is 2. The lowest BCUT2D eigenvalue weighted by Crippen LogP contribution is -2.49. The molecule has 5 rings (SSSR count). The predicted octanol–water partition coefficient (Wildman–Crippen LogP) is 6.81. The first-order valence-corrected chi connectivity index (χ1v) is 13.2. The van der Waals surface area contributed by atoms with Crippen molar-refractivity contribution < 1.29 is 9.59 Å². The molecule has 3 amide bonds. The van der Waals surface area contributed by atoms with Gasteiger partial charge in [0.25, 0.3) is 0 Å². The minimum atomic E-state index is -0.299. The van der Waals surface area contributed by atoms with E-state index in [4.69, 9.17) is 0 Å². The average Bonchev–Trinajstić information content (AvgIpc) is 2.88. The molecule has 3 atom stereocenters. The highest BCUT2D eigenvalue weighted by atomic mass is 32.2. The monoisotopic (exact) mass is 499 g/mol. The van der Waals surface area contributed by atoms with Crippen LogP contribution in [0.1, 0.15) is 6.92 Å². The van der Waals surface area contributed by atoms with Crippen molar-refractivity contribution in [1.82, 2.24) is 0 Å². The number of amides is 3. The molecule has 1 aliphatic carbocycles. The number of para-hydroxylation sites is 2. The van der Waals surface area contributed by atoms with Gasteiger partial charge in [0.05, 0.1) is 22.2 Å². The fourth-order valence-corrected chi connectivity index (χ4v) is 6.26. The number of fused-ring (bicyclic) bond motifs is 2. The molecule has 3 aromatic carbocycles. The SMILES string of the molecule is CC(Sc1cccc(NC(=O)N2c3ccccc3SC3C=CC=CC32)c1)C(=O)Nc1ccccc1. The first kappa shape index (κ1) is 23.3. The van der Waals surface area contributed by atoms with Crippen LogP contribution < -0.4 is 15.5 Å². The highest BCUT2D eigenvalue weighted by Gasteiger charge is 2.36. The van der Waals surface area contributed by atoms with Crippen LogP contribution in [-0.2, 0) is 4.79 Å². The minimum Gasteiger partial charge on any atom is -0.325 e. The Labute approximate surface area is 213 Å². The van der Waals surface area contributed by atoms with Gasteiger partial charge in [0, 0.05) is 21.2 Å². The molecule has 5 nitrogen and oxygen atoms in total. The molecule has 176 valence electrons. The minimum absolute atomic E-state index is 0.0563. The molecule has 2 N–H and O–H groups in total. The number of nitrogens with one attached hydrogen (secondary N) is 2. The van der Waals surface area contributed by atoms with Crippen LogP contribution in [0.4, 0.5) is 21.9 Å². The molecule has 1 aliphatic heterocycles. The highest BCUT2D eigenvalue weighted by Crippen LogP contribution is 2.43. The van der Waals surface area contributed by atoms with Crippen LogP contribution >= 0.6 is 23.5 Å². The second-order valence-corrected chi connectivity index (χ2v) is 10.9. The first-order chi connectivity index (χ1) is 17.1. The summed E-state index contributed by atoms with van der Waals surface area (Å²) in [5.74, 6) is -0.0683. The number of hydrogen-bond acceptors (Lipinski definition) is 4. The van der Waals surface area contributed by atoms with E-state index < -0.39 is 0 Å². The molecule has 0 radical (unpaired) electrons. The van der Waals surface area contributed by atoms with E-state index in [9.17, 15) is 9.59 Å². The van der Waals surface area contributed by atoms with Gasteiger partial charge in [-0.2, -0.15) is 0 Å². The number of benzene rings is 3. The van der Waals surface area contributed by atoms with Crippen molar-refractivity contribution in [3.05, 3.63) is 103 Å². The number of thioether (sulfide) groups is 2. The average molecular weight is 500 g/mol. The zero-order chi connectivity index (χ0) is 24.2. The summed E-state index contributed by atoms with van der Waals surface area (Å²) in [6.45, 7) is 1.87. The van der Waals surface area contributed by atoms with Gasteiger partial charge >= 0.3 is 6.03 Å².